The van der Waals surface area contributed by atoms with Crippen LogP contribution in [0.2, 0.25) is 0 Å². The average molecular weight is 326 g/mol. The van der Waals surface area contributed by atoms with Crippen LogP contribution in [0, 0.1) is 6.92 Å². The van der Waals surface area contributed by atoms with Crippen molar-refractivity contribution >= 4 is 5.82 Å². The van der Waals surface area contributed by atoms with Crippen molar-refractivity contribution in [2.45, 2.75) is 19.9 Å². The highest BCUT2D eigenvalue weighted by atomic mass is 16.7. The second kappa shape index (κ2) is 6.28. The van der Waals surface area contributed by atoms with Gasteiger partial charge in [-0.1, -0.05) is 6.07 Å². The molecule has 6 heteroatoms. The monoisotopic (exact) mass is 326 g/mol. The molecule has 0 radical (unpaired) electrons. The van der Waals surface area contributed by atoms with Gasteiger partial charge in [-0.15, -0.1) is 0 Å². The van der Waals surface area contributed by atoms with E-state index in [4.69, 9.17) is 9.47 Å². The zero-order valence-corrected chi connectivity index (χ0v) is 14.1. The van der Waals surface area contributed by atoms with Crippen molar-refractivity contribution in [1.82, 2.24) is 14.9 Å². The Morgan fingerprint density at radius 3 is 2.58 bits per heavy atom. The van der Waals surface area contributed by atoms with Crippen LogP contribution < -0.4 is 14.4 Å². The number of benzene rings is 1. The van der Waals surface area contributed by atoms with Crippen LogP contribution in [0.15, 0.2) is 30.6 Å². The van der Waals surface area contributed by atoms with Crippen LogP contribution in [0.5, 0.6) is 11.5 Å². The average Bonchev–Trinajstić information content (AvgIpc) is 3.09. The number of nitrogens with zero attached hydrogens (tertiary/aromatic N) is 4. The van der Waals surface area contributed by atoms with Crippen molar-refractivity contribution in [3.8, 4) is 11.5 Å². The highest BCUT2D eigenvalue weighted by molar-refractivity contribution is 5.45. The molecule has 1 saturated heterocycles. The molecule has 0 N–H and O–H groups in total. The van der Waals surface area contributed by atoms with Gasteiger partial charge in [0.2, 0.25) is 6.79 Å². The molecule has 2 aliphatic heterocycles. The standard InChI is InChI=1S/C18H22N4O2/c1-13-9-18(20-11-19-13)22-7-5-21(6-8-22)14(2)15-3-4-16-17(10-15)24-12-23-16/h3-4,9-11,14H,5-8,12H2,1-2H3. The summed E-state index contributed by atoms with van der Waals surface area (Å²) in [6, 6.07) is 8.66. The molecule has 0 spiro atoms. The number of aromatic nitrogens is 2. The summed E-state index contributed by atoms with van der Waals surface area (Å²) in [5.41, 5.74) is 2.28. The Bertz CT molecular complexity index is 729. The first kappa shape index (κ1) is 15.2. The van der Waals surface area contributed by atoms with Gasteiger partial charge in [0, 0.05) is 44.0 Å². The molecule has 1 fully saturated rings. The molecule has 3 heterocycles. The van der Waals surface area contributed by atoms with Gasteiger partial charge in [0.05, 0.1) is 0 Å². The van der Waals surface area contributed by atoms with Crippen LogP contribution >= 0.6 is 0 Å². The third-order valence-corrected chi connectivity index (χ3v) is 4.85. The third kappa shape index (κ3) is 2.89. The number of rotatable bonds is 3. The highest BCUT2D eigenvalue weighted by Crippen LogP contribution is 2.35. The summed E-state index contributed by atoms with van der Waals surface area (Å²) >= 11 is 0. The van der Waals surface area contributed by atoms with Crippen LogP contribution in [0.3, 0.4) is 0 Å². The lowest BCUT2D eigenvalue weighted by Gasteiger charge is -2.38. The Morgan fingerprint density at radius 2 is 1.79 bits per heavy atom. The molecule has 2 aliphatic rings. The van der Waals surface area contributed by atoms with E-state index in [1.54, 1.807) is 6.33 Å². The molecule has 1 aromatic heterocycles. The Morgan fingerprint density at radius 1 is 1.00 bits per heavy atom. The lowest BCUT2D eigenvalue weighted by molar-refractivity contribution is 0.173. The second-order valence-electron chi connectivity index (χ2n) is 6.33. The maximum atomic E-state index is 5.50. The summed E-state index contributed by atoms with van der Waals surface area (Å²) < 4.78 is 10.9. The van der Waals surface area contributed by atoms with E-state index in [0.717, 1.165) is 49.2 Å². The maximum absolute atomic E-state index is 5.50. The van der Waals surface area contributed by atoms with E-state index in [2.05, 4.69) is 44.9 Å². The molecule has 126 valence electrons. The summed E-state index contributed by atoms with van der Waals surface area (Å²) in [6.45, 7) is 8.56. The molecule has 24 heavy (non-hydrogen) atoms. The summed E-state index contributed by atoms with van der Waals surface area (Å²) in [7, 11) is 0. The van der Waals surface area contributed by atoms with E-state index in [9.17, 15) is 0 Å². The summed E-state index contributed by atoms with van der Waals surface area (Å²) in [4.78, 5) is 13.4. The Kier molecular flexibility index (Phi) is 3.98. The van der Waals surface area contributed by atoms with E-state index in [-0.39, 0.29) is 0 Å². The molecule has 6 nitrogen and oxygen atoms in total. The zero-order chi connectivity index (χ0) is 16.5. The molecule has 1 atom stereocenters. The van der Waals surface area contributed by atoms with E-state index in [1.807, 2.05) is 13.0 Å². The lowest BCUT2D eigenvalue weighted by Crippen LogP contribution is -2.47. The van der Waals surface area contributed by atoms with Crippen molar-refractivity contribution in [3.05, 3.63) is 41.9 Å². The topological polar surface area (TPSA) is 50.7 Å². The predicted octanol–water partition coefficient (Wildman–Crippen LogP) is 2.40. The van der Waals surface area contributed by atoms with Gasteiger partial charge in [-0.05, 0) is 31.5 Å². The van der Waals surface area contributed by atoms with Crippen molar-refractivity contribution in [1.29, 1.82) is 0 Å². The van der Waals surface area contributed by atoms with Gasteiger partial charge in [-0.2, -0.15) is 0 Å². The van der Waals surface area contributed by atoms with E-state index in [0.29, 0.717) is 12.8 Å². The number of hydrogen-bond acceptors (Lipinski definition) is 6. The largest absolute Gasteiger partial charge is 0.454 e. The molecular weight excluding hydrogens is 304 g/mol. The fraction of sp³-hybridized carbons (Fsp3) is 0.444. The normalized spacial score (nSPS) is 18.7. The summed E-state index contributed by atoms with van der Waals surface area (Å²) in [5.74, 6) is 2.72. The first-order valence-corrected chi connectivity index (χ1v) is 8.38. The molecule has 1 unspecified atom stereocenters. The minimum Gasteiger partial charge on any atom is -0.454 e. The van der Waals surface area contributed by atoms with Crippen molar-refractivity contribution in [3.63, 3.8) is 0 Å². The number of piperazine rings is 1. The van der Waals surface area contributed by atoms with Gasteiger partial charge >= 0.3 is 0 Å². The third-order valence-electron chi connectivity index (χ3n) is 4.85. The summed E-state index contributed by atoms with van der Waals surface area (Å²) in [6.07, 6.45) is 1.65. The fourth-order valence-corrected chi connectivity index (χ4v) is 3.34. The lowest BCUT2D eigenvalue weighted by atomic mass is 10.1. The van der Waals surface area contributed by atoms with Crippen molar-refractivity contribution in [2.75, 3.05) is 37.9 Å². The van der Waals surface area contributed by atoms with Crippen LogP contribution in [-0.4, -0.2) is 47.8 Å². The number of anilines is 1. The first-order valence-electron chi connectivity index (χ1n) is 8.38. The molecule has 2 aromatic rings. The SMILES string of the molecule is Cc1cc(N2CCN(C(C)c3ccc4c(c3)OCO4)CC2)ncn1. The minimum atomic E-state index is 0.324. The molecular formula is C18H22N4O2. The first-order chi connectivity index (χ1) is 11.7. The Balaban J connectivity index is 1.42. The van der Waals surface area contributed by atoms with Gasteiger partial charge in [0.15, 0.2) is 11.5 Å². The minimum absolute atomic E-state index is 0.324. The molecule has 0 bridgehead atoms. The van der Waals surface area contributed by atoms with Gasteiger partial charge < -0.3 is 14.4 Å². The number of ether oxygens (including phenoxy) is 2. The Labute approximate surface area is 142 Å². The number of fused-ring (bicyclic) bond motifs is 1. The van der Waals surface area contributed by atoms with Gasteiger partial charge in [0.1, 0.15) is 12.1 Å². The quantitative estimate of drug-likeness (QED) is 0.863. The molecule has 0 saturated carbocycles. The van der Waals surface area contributed by atoms with Crippen LogP contribution in [0.25, 0.3) is 0 Å². The van der Waals surface area contributed by atoms with E-state index in [1.165, 1.54) is 5.56 Å². The predicted molar refractivity (Wildman–Crippen MR) is 91.5 cm³/mol. The smallest absolute Gasteiger partial charge is 0.231 e. The van der Waals surface area contributed by atoms with Crippen molar-refractivity contribution < 1.29 is 9.47 Å². The zero-order valence-electron chi connectivity index (χ0n) is 14.1. The van der Waals surface area contributed by atoms with Crippen molar-refractivity contribution in [2.24, 2.45) is 0 Å². The van der Waals surface area contributed by atoms with Crippen LogP contribution in [-0.2, 0) is 0 Å². The second-order valence-corrected chi connectivity index (χ2v) is 6.33. The maximum Gasteiger partial charge on any atom is 0.231 e. The molecule has 0 aliphatic carbocycles. The van der Waals surface area contributed by atoms with Gasteiger partial charge in [0.25, 0.3) is 0 Å². The number of hydrogen-bond donors (Lipinski definition) is 0. The van der Waals surface area contributed by atoms with Gasteiger partial charge in [-0.25, -0.2) is 9.97 Å². The highest BCUT2D eigenvalue weighted by Gasteiger charge is 2.24. The summed E-state index contributed by atoms with van der Waals surface area (Å²) in [5, 5.41) is 0. The molecule has 0 amide bonds. The molecule has 1 aromatic carbocycles. The van der Waals surface area contributed by atoms with E-state index < -0.39 is 0 Å². The van der Waals surface area contributed by atoms with Crippen LogP contribution in [0.4, 0.5) is 5.82 Å². The molecule has 4 rings (SSSR count). The number of aryl methyl sites for hydroxylation is 1. The van der Waals surface area contributed by atoms with E-state index >= 15 is 0 Å². The Hall–Kier alpha value is -2.34. The van der Waals surface area contributed by atoms with Gasteiger partial charge in [-0.3, -0.25) is 4.90 Å². The van der Waals surface area contributed by atoms with Crippen LogP contribution in [0.1, 0.15) is 24.2 Å². The fourth-order valence-electron chi connectivity index (χ4n) is 3.34.